The highest BCUT2D eigenvalue weighted by atomic mass is 35.5. The quantitative estimate of drug-likeness (QED) is 0.758. The van der Waals surface area contributed by atoms with Gasteiger partial charge in [0.25, 0.3) is 0 Å². The average molecular weight is 242 g/mol. The third-order valence-electron chi connectivity index (χ3n) is 2.37. The van der Waals surface area contributed by atoms with Crippen LogP contribution in [0.5, 0.6) is 5.75 Å². The molecule has 0 bridgehead atoms. The smallest absolute Gasteiger partial charge is 0.137 e. The maximum Gasteiger partial charge on any atom is 0.137 e. The summed E-state index contributed by atoms with van der Waals surface area (Å²) in [5, 5.41) is 0.712. The Kier molecular flexibility index (Phi) is 5.64. The Morgan fingerprint density at radius 3 is 2.62 bits per heavy atom. The molecule has 0 fully saturated rings. The largest absolute Gasteiger partial charge is 0.492 e. The van der Waals surface area contributed by atoms with Crippen molar-refractivity contribution in [3.05, 3.63) is 28.8 Å². The molecule has 1 aromatic rings. The van der Waals surface area contributed by atoms with E-state index in [2.05, 4.69) is 25.1 Å². The van der Waals surface area contributed by atoms with Gasteiger partial charge < -0.3 is 9.64 Å². The minimum Gasteiger partial charge on any atom is -0.492 e. The Morgan fingerprint density at radius 1 is 1.31 bits per heavy atom. The minimum atomic E-state index is 0.652. The van der Waals surface area contributed by atoms with Gasteiger partial charge in [-0.05, 0) is 58.1 Å². The zero-order valence-electron chi connectivity index (χ0n) is 10.3. The number of hydrogen-bond donors (Lipinski definition) is 0. The summed E-state index contributed by atoms with van der Waals surface area (Å²) in [6.07, 6.45) is 2.21. The van der Waals surface area contributed by atoms with Gasteiger partial charge in [0, 0.05) is 0 Å². The molecule has 2 nitrogen and oxygen atoms in total. The van der Waals surface area contributed by atoms with Crippen molar-refractivity contribution in [2.75, 3.05) is 27.2 Å². The fraction of sp³-hybridized carbons (Fsp3) is 0.538. The Hall–Kier alpha value is -0.730. The molecule has 0 radical (unpaired) electrons. The standard InChI is InChI=1S/C13H20ClNO/c1-4-16-13-8-7-11(10-12(13)14)6-5-9-15(2)3/h7-8,10H,4-6,9H2,1-3H3. The summed E-state index contributed by atoms with van der Waals surface area (Å²) in [5.41, 5.74) is 1.27. The summed E-state index contributed by atoms with van der Waals surface area (Å²) in [6.45, 7) is 3.71. The van der Waals surface area contributed by atoms with Crippen LogP contribution in [-0.4, -0.2) is 32.1 Å². The first-order chi connectivity index (χ1) is 7.63. The Balaban J connectivity index is 2.52. The second-order valence-electron chi connectivity index (χ2n) is 4.10. The molecule has 0 unspecified atom stereocenters. The molecule has 0 aliphatic carbocycles. The zero-order chi connectivity index (χ0) is 12.0. The van der Waals surface area contributed by atoms with Crippen LogP contribution in [0, 0.1) is 0 Å². The highest BCUT2D eigenvalue weighted by Gasteiger charge is 2.02. The third-order valence-corrected chi connectivity index (χ3v) is 2.66. The topological polar surface area (TPSA) is 12.5 Å². The van der Waals surface area contributed by atoms with Crippen LogP contribution in [0.25, 0.3) is 0 Å². The molecule has 0 amide bonds. The van der Waals surface area contributed by atoms with Gasteiger partial charge in [-0.3, -0.25) is 0 Å². The fourth-order valence-electron chi connectivity index (χ4n) is 1.57. The summed E-state index contributed by atoms with van der Waals surface area (Å²) in [5.74, 6) is 0.778. The van der Waals surface area contributed by atoms with Gasteiger partial charge in [-0.1, -0.05) is 17.7 Å². The van der Waals surface area contributed by atoms with E-state index in [-0.39, 0.29) is 0 Å². The third kappa shape index (κ3) is 4.42. The Bertz CT molecular complexity index is 326. The molecule has 1 rings (SSSR count). The van der Waals surface area contributed by atoms with Crippen LogP contribution in [0.1, 0.15) is 18.9 Å². The molecule has 90 valence electrons. The molecule has 0 heterocycles. The van der Waals surface area contributed by atoms with E-state index >= 15 is 0 Å². The summed E-state index contributed by atoms with van der Waals surface area (Å²) in [6, 6.07) is 6.05. The summed E-state index contributed by atoms with van der Waals surface area (Å²) >= 11 is 6.11. The van der Waals surface area contributed by atoms with Crippen molar-refractivity contribution < 1.29 is 4.74 Å². The highest BCUT2D eigenvalue weighted by molar-refractivity contribution is 6.32. The molecule has 0 saturated carbocycles. The molecule has 0 atom stereocenters. The van der Waals surface area contributed by atoms with Crippen molar-refractivity contribution in [2.24, 2.45) is 0 Å². The van der Waals surface area contributed by atoms with E-state index in [0.29, 0.717) is 11.6 Å². The van der Waals surface area contributed by atoms with Gasteiger partial charge in [0.05, 0.1) is 11.6 Å². The highest BCUT2D eigenvalue weighted by Crippen LogP contribution is 2.25. The summed E-state index contributed by atoms with van der Waals surface area (Å²) in [4.78, 5) is 2.19. The second kappa shape index (κ2) is 6.77. The van der Waals surface area contributed by atoms with Crippen LogP contribution in [0.2, 0.25) is 5.02 Å². The number of hydrogen-bond acceptors (Lipinski definition) is 2. The average Bonchev–Trinajstić information content (AvgIpc) is 2.21. The van der Waals surface area contributed by atoms with Gasteiger partial charge >= 0.3 is 0 Å². The van der Waals surface area contributed by atoms with Gasteiger partial charge in [-0.15, -0.1) is 0 Å². The second-order valence-corrected chi connectivity index (χ2v) is 4.51. The summed E-state index contributed by atoms with van der Waals surface area (Å²) in [7, 11) is 4.18. The molecule has 0 aliphatic rings. The SMILES string of the molecule is CCOc1ccc(CCCN(C)C)cc1Cl. The fourth-order valence-corrected chi connectivity index (χ4v) is 1.83. The van der Waals surface area contributed by atoms with Crippen molar-refractivity contribution in [3.63, 3.8) is 0 Å². The number of nitrogens with zero attached hydrogens (tertiary/aromatic N) is 1. The predicted molar refractivity (Wildman–Crippen MR) is 69.5 cm³/mol. The lowest BCUT2D eigenvalue weighted by atomic mass is 10.1. The molecule has 16 heavy (non-hydrogen) atoms. The monoisotopic (exact) mass is 241 g/mol. The van der Waals surface area contributed by atoms with Crippen molar-refractivity contribution in [1.29, 1.82) is 0 Å². The Labute approximate surface area is 103 Å². The van der Waals surface area contributed by atoms with E-state index in [1.807, 2.05) is 19.1 Å². The molecule has 0 saturated heterocycles. The lowest BCUT2D eigenvalue weighted by Crippen LogP contribution is -2.13. The van der Waals surface area contributed by atoms with Gasteiger partial charge in [0.15, 0.2) is 0 Å². The molecule has 1 aromatic carbocycles. The van der Waals surface area contributed by atoms with E-state index in [9.17, 15) is 0 Å². The van der Waals surface area contributed by atoms with E-state index in [0.717, 1.165) is 25.1 Å². The van der Waals surface area contributed by atoms with Crippen LogP contribution in [0.4, 0.5) is 0 Å². The van der Waals surface area contributed by atoms with E-state index < -0.39 is 0 Å². The van der Waals surface area contributed by atoms with E-state index in [4.69, 9.17) is 16.3 Å². The molecular formula is C13H20ClNO. The number of benzene rings is 1. The first kappa shape index (κ1) is 13.3. The van der Waals surface area contributed by atoms with Crippen molar-refractivity contribution in [2.45, 2.75) is 19.8 Å². The predicted octanol–water partition coefficient (Wildman–Crippen LogP) is 3.23. The number of rotatable bonds is 6. The molecule has 3 heteroatoms. The van der Waals surface area contributed by atoms with E-state index in [1.54, 1.807) is 0 Å². The van der Waals surface area contributed by atoms with Crippen molar-refractivity contribution in [3.8, 4) is 5.75 Å². The lowest BCUT2D eigenvalue weighted by Gasteiger charge is -2.10. The molecule has 0 spiro atoms. The van der Waals surface area contributed by atoms with Crippen molar-refractivity contribution in [1.82, 2.24) is 4.90 Å². The molecule has 0 N–H and O–H groups in total. The minimum absolute atomic E-state index is 0.652. The lowest BCUT2D eigenvalue weighted by molar-refractivity contribution is 0.340. The van der Waals surface area contributed by atoms with Crippen LogP contribution in [0.3, 0.4) is 0 Å². The Morgan fingerprint density at radius 2 is 2.06 bits per heavy atom. The first-order valence-electron chi connectivity index (χ1n) is 5.69. The normalized spacial score (nSPS) is 10.8. The first-order valence-corrected chi connectivity index (χ1v) is 6.07. The van der Waals surface area contributed by atoms with Crippen LogP contribution < -0.4 is 4.74 Å². The zero-order valence-corrected chi connectivity index (χ0v) is 11.0. The van der Waals surface area contributed by atoms with Crippen molar-refractivity contribution >= 4 is 11.6 Å². The molecule has 0 aromatic heterocycles. The van der Waals surface area contributed by atoms with Crippen LogP contribution >= 0.6 is 11.6 Å². The number of ether oxygens (including phenoxy) is 1. The maximum atomic E-state index is 6.11. The van der Waals surface area contributed by atoms with Crippen LogP contribution in [0.15, 0.2) is 18.2 Å². The van der Waals surface area contributed by atoms with E-state index in [1.165, 1.54) is 5.56 Å². The number of aryl methyl sites for hydroxylation is 1. The van der Waals surface area contributed by atoms with Gasteiger partial charge in [-0.25, -0.2) is 0 Å². The maximum absolute atomic E-state index is 6.11. The molecular weight excluding hydrogens is 222 g/mol. The van der Waals surface area contributed by atoms with Gasteiger partial charge in [0.1, 0.15) is 5.75 Å². The molecule has 0 aliphatic heterocycles. The van der Waals surface area contributed by atoms with Gasteiger partial charge in [-0.2, -0.15) is 0 Å². The number of halogens is 1. The summed E-state index contributed by atoms with van der Waals surface area (Å²) < 4.78 is 5.39. The van der Waals surface area contributed by atoms with Gasteiger partial charge in [0.2, 0.25) is 0 Å². The van der Waals surface area contributed by atoms with Crippen LogP contribution in [-0.2, 0) is 6.42 Å².